The van der Waals surface area contributed by atoms with Crippen LogP contribution in [-0.2, 0) is 6.42 Å². The molecule has 0 saturated carbocycles. The summed E-state index contributed by atoms with van der Waals surface area (Å²) >= 11 is 0. The quantitative estimate of drug-likeness (QED) is 0.796. The maximum Gasteiger partial charge on any atom is 0.573 e. The second-order valence-electron chi connectivity index (χ2n) is 3.86. The summed E-state index contributed by atoms with van der Waals surface area (Å²) < 4.78 is 40.1. The molecule has 0 aromatic heterocycles. The van der Waals surface area contributed by atoms with Crippen molar-refractivity contribution in [2.24, 2.45) is 0 Å². The first-order valence-corrected chi connectivity index (χ1v) is 5.41. The molecule has 0 saturated heterocycles. The molecule has 0 aliphatic heterocycles. The van der Waals surface area contributed by atoms with Gasteiger partial charge in [-0.05, 0) is 29.7 Å². The summed E-state index contributed by atoms with van der Waals surface area (Å²) in [5, 5.41) is 0. The third-order valence-corrected chi connectivity index (χ3v) is 2.38. The number of ether oxygens (including phenoxy) is 1. The van der Waals surface area contributed by atoms with Gasteiger partial charge in [0.15, 0.2) is 0 Å². The number of halogens is 3. The summed E-state index contributed by atoms with van der Waals surface area (Å²) in [7, 11) is 0. The van der Waals surface area contributed by atoms with Gasteiger partial charge in [0.25, 0.3) is 0 Å². The van der Waals surface area contributed by atoms with E-state index in [1.807, 2.05) is 30.3 Å². The lowest BCUT2D eigenvalue weighted by molar-refractivity contribution is -0.274. The fourth-order valence-electron chi connectivity index (χ4n) is 1.68. The van der Waals surface area contributed by atoms with Crippen LogP contribution in [0.1, 0.15) is 11.1 Å². The lowest BCUT2D eigenvalue weighted by atomic mass is 10.1. The van der Waals surface area contributed by atoms with Crippen LogP contribution in [0.5, 0.6) is 5.75 Å². The molecule has 2 aromatic carbocycles. The monoisotopic (exact) mass is 252 g/mol. The molecule has 1 nitrogen and oxygen atoms in total. The van der Waals surface area contributed by atoms with Crippen molar-refractivity contribution < 1.29 is 17.9 Å². The third kappa shape index (κ3) is 3.80. The maximum atomic E-state index is 12.1. The van der Waals surface area contributed by atoms with Gasteiger partial charge in [-0.3, -0.25) is 0 Å². The molecule has 4 heteroatoms. The Hall–Kier alpha value is -1.97. The Morgan fingerprint density at radius 1 is 0.833 bits per heavy atom. The van der Waals surface area contributed by atoms with Gasteiger partial charge in [0, 0.05) is 0 Å². The van der Waals surface area contributed by atoms with Crippen molar-refractivity contribution in [3.05, 3.63) is 65.7 Å². The molecule has 0 unspecified atom stereocenters. The van der Waals surface area contributed by atoms with Crippen LogP contribution in [-0.4, -0.2) is 6.36 Å². The van der Waals surface area contributed by atoms with Gasteiger partial charge in [0.2, 0.25) is 0 Å². The third-order valence-electron chi connectivity index (χ3n) is 2.38. The van der Waals surface area contributed by atoms with Crippen molar-refractivity contribution >= 4 is 0 Å². The van der Waals surface area contributed by atoms with E-state index < -0.39 is 6.36 Å². The molecule has 0 amide bonds. The Morgan fingerprint density at radius 3 is 2.17 bits per heavy atom. The SMILES string of the molecule is FC(F)(F)Oc1cccc(Cc2ccccc2)c1. The molecule has 0 aliphatic carbocycles. The Morgan fingerprint density at radius 2 is 1.50 bits per heavy atom. The van der Waals surface area contributed by atoms with Gasteiger partial charge in [-0.1, -0.05) is 42.5 Å². The Bertz CT molecular complexity index is 506. The van der Waals surface area contributed by atoms with Gasteiger partial charge in [0.05, 0.1) is 0 Å². The molecule has 0 radical (unpaired) electrons. The fraction of sp³-hybridized carbons (Fsp3) is 0.143. The molecule has 0 aliphatic rings. The molecule has 0 bridgehead atoms. The van der Waals surface area contributed by atoms with E-state index in [0.29, 0.717) is 6.42 Å². The van der Waals surface area contributed by atoms with Gasteiger partial charge in [0.1, 0.15) is 5.75 Å². The highest BCUT2D eigenvalue weighted by molar-refractivity contribution is 5.32. The van der Waals surface area contributed by atoms with Gasteiger partial charge in [-0.25, -0.2) is 0 Å². The van der Waals surface area contributed by atoms with E-state index in [1.165, 1.54) is 12.1 Å². The molecule has 18 heavy (non-hydrogen) atoms. The van der Waals surface area contributed by atoms with Crippen LogP contribution in [0.3, 0.4) is 0 Å². The van der Waals surface area contributed by atoms with Crippen molar-refractivity contribution in [1.29, 1.82) is 0 Å². The highest BCUT2D eigenvalue weighted by Crippen LogP contribution is 2.24. The van der Waals surface area contributed by atoms with E-state index >= 15 is 0 Å². The maximum absolute atomic E-state index is 12.1. The molecule has 2 aromatic rings. The molecule has 94 valence electrons. The van der Waals surface area contributed by atoms with Crippen LogP contribution < -0.4 is 4.74 Å². The molecule has 0 spiro atoms. The van der Waals surface area contributed by atoms with Crippen LogP contribution in [0.4, 0.5) is 13.2 Å². The molecular weight excluding hydrogens is 241 g/mol. The van der Waals surface area contributed by atoms with Crippen LogP contribution in [0.15, 0.2) is 54.6 Å². The van der Waals surface area contributed by atoms with Gasteiger partial charge in [-0.2, -0.15) is 0 Å². The highest BCUT2D eigenvalue weighted by atomic mass is 19.4. The van der Waals surface area contributed by atoms with Crippen molar-refractivity contribution in [1.82, 2.24) is 0 Å². The number of rotatable bonds is 3. The van der Waals surface area contributed by atoms with E-state index in [0.717, 1.165) is 11.1 Å². The molecular formula is C14H11F3O. The van der Waals surface area contributed by atoms with E-state index in [2.05, 4.69) is 4.74 Å². The van der Waals surface area contributed by atoms with E-state index in [9.17, 15) is 13.2 Å². The average Bonchev–Trinajstić information content (AvgIpc) is 2.28. The minimum Gasteiger partial charge on any atom is -0.406 e. The summed E-state index contributed by atoms with van der Waals surface area (Å²) in [4.78, 5) is 0. The van der Waals surface area contributed by atoms with Crippen LogP contribution >= 0.6 is 0 Å². The van der Waals surface area contributed by atoms with Crippen molar-refractivity contribution in [3.63, 3.8) is 0 Å². The zero-order chi connectivity index (χ0) is 13.0. The van der Waals surface area contributed by atoms with Gasteiger partial charge >= 0.3 is 6.36 Å². The first-order chi connectivity index (χ1) is 8.53. The standard InChI is InChI=1S/C14H11F3O/c15-14(16,17)18-13-8-4-7-12(10-13)9-11-5-2-1-3-6-11/h1-8,10H,9H2. The Labute approximate surface area is 103 Å². The fourth-order valence-corrected chi connectivity index (χ4v) is 1.68. The lowest BCUT2D eigenvalue weighted by Crippen LogP contribution is -2.17. The number of hydrogen-bond donors (Lipinski definition) is 0. The van der Waals surface area contributed by atoms with Crippen LogP contribution in [0, 0.1) is 0 Å². The van der Waals surface area contributed by atoms with E-state index in [-0.39, 0.29) is 5.75 Å². The van der Waals surface area contributed by atoms with Gasteiger partial charge < -0.3 is 4.74 Å². The zero-order valence-corrected chi connectivity index (χ0v) is 9.45. The summed E-state index contributed by atoms with van der Waals surface area (Å²) in [6.45, 7) is 0. The van der Waals surface area contributed by atoms with Crippen LogP contribution in [0.2, 0.25) is 0 Å². The number of alkyl halides is 3. The molecule has 0 atom stereocenters. The number of benzene rings is 2. The number of hydrogen-bond acceptors (Lipinski definition) is 1. The summed E-state index contributed by atoms with van der Waals surface area (Å²) in [6.07, 6.45) is -4.07. The van der Waals surface area contributed by atoms with Crippen LogP contribution in [0.25, 0.3) is 0 Å². The Kier molecular flexibility index (Phi) is 3.55. The summed E-state index contributed by atoms with van der Waals surface area (Å²) in [5.41, 5.74) is 1.82. The normalized spacial score (nSPS) is 11.3. The predicted octanol–water partition coefficient (Wildman–Crippen LogP) is 4.18. The minimum absolute atomic E-state index is 0.184. The smallest absolute Gasteiger partial charge is 0.406 e. The second-order valence-corrected chi connectivity index (χ2v) is 3.86. The lowest BCUT2D eigenvalue weighted by Gasteiger charge is -2.10. The summed E-state index contributed by atoms with van der Waals surface area (Å²) in [6, 6.07) is 15.6. The van der Waals surface area contributed by atoms with E-state index in [4.69, 9.17) is 0 Å². The molecule has 0 N–H and O–H groups in total. The van der Waals surface area contributed by atoms with E-state index in [1.54, 1.807) is 12.1 Å². The highest BCUT2D eigenvalue weighted by Gasteiger charge is 2.31. The average molecular weight is 252 g/mol. The largest absolute Gasteiger partial charge is 0.573 e. The topological polar surface area (TPSA) is 9.23 Å². The zero-order valence-electron chi connectivity index (χ0n) is 9.45. The molecule has 0 heterocycles. The first-order valence-electron chi connectivity index (χ1n) is 5.41. The summed E-state index contributed by atoms with van der Waals surface area (Å²) in [5.74, 6) is -0.184. The second kappa shape index (κ2) is 5.12. The molecule has 2 rings (SSSR count). The predicted molar refractivity (Wildman–Crippen MR) is 62.4 cm³/mol. The molecule has 0 fully saturated rings. The first kappa shape index (κ1) is 12.5. The van der Waals surface area contributed by atoms with Gasteiger partial charge in [-0.15, -0.1) is 13.2 Å². The van der Waals surface area contributed by atoms with Crippen molar-refractivity contribution in [2.75, 3.05) is 0 Å². The Balaban J connectivity index is 2.13. The minimum atomic E-state index is -4.65. The van der Waals surface area contributed by atoms with Crippen molar-refractivity contribution in [2.45, 2.75) is 12.8 Å². The van der Waals surface area contributed by atoms with Crippen molar-refractivity contribution in [3.8, 4) is 5.75 Å².